The Morgan fingerprint density at radius 3 is 2.71 bits per heavy atom. The Morgan fingerprint density at radius 2 is 1.86 bits per heavy atom. The van der Waals surface area contributed by atoms with E-state index >= 15 is 0 Å². The molecule has 0 spiro atoms. The molecule has 0 radical (unpaired) electrons. The fourth-order valence-electron chi connectivity index (χ4n) is 2.09. The minimum Gasteiger partial charge on any atom is -0.489 e. The molecule has 2 aromatic carbocycles. The average Bonchev–Trinajstić information content (AvgIpc) is 2.52. The van der Waals surface area contributed by atoms with Crippen molar-refractivity contribution >= 4 is 10.8 Å². The fraction of sp³-hybridized carbons (Fsp3) is 0.125. The topological polar surface area (TPSA) is 44.1 Å². The van der Waals surface area contributed by atoms with Crippen molar-refractivity contribution in [3.05, 3.63) is 70.9 Å². The molecule has 0 saturated carbocycles. The smallest absolute Gasteiger partial charge is 0.274 e. The van der Waals surface area contributed by atoms with Crippen LogP contribution in [0.1, 0.15) is 0 Å². The Kier molecular flexibility index (Phi) is 3.64. The molecule has 1 heterocycles. The lowest BCUT2D eigenvalue weighted by Gasteiger charge is -2.08. The predicted molar refractivity (Wildman–Crippen MR) is 77.9 cm³/mol. The van der Waals surface area contributed by atoms with Crippen LogP contribution in [0.25, 0.3) is 10.8 Å². The third-order valence-electron chi connectivity index (χ3n) is 3.16. The van der Waals surface area contributed by atoms with Crippen LogP contribution >= 0.6 is 0 Å². The highest BCUT2D eigenvalue weighted by atomic mass is 19.1. The first-order valence-electron chi connectivity index (χ1n) is 6.58. The number of hydrogen-bond acceptors (Lipinski definition) is 3. The summed E-state index contributed by atoms with van der Waals surface area (Å²) in [6.45, 7) is 0.435. The molecule has 3 rings (SSSR count). The SMILES string of the molecule is O=c1c2ccccc2cnn1CCOc1ccccc1F. The van der Waals surface area contributed by atoms with E-state index in [-0.39, 0.29) is 24.5 Å². The van der Waals surface area contributed by atoms with Crippen LogP contribution in [0.4, 0.5) is 4.39 Å². The highest BCUT2D eigenvalue weighted by Crippen LogP contribution is 2.15. The van der Waals surface area contributed by atoms with E-state index in [1.807, 2.05) is 18.2 Å². The van der Waals surface area contributed by atoms with Crippen LogP contribution < -0.4 is 10.3 Å². The van der Waals surface area contributed by atoms with Crippen molar-refractivity contribution in [3.63, 3.8) is 0 Å². The monoisotopic (exact) mass is 284 g/mol. The number of nitrogens with zero attached hydrogens (tertiary/aromatic N) is 2. The number of aromatic nitrogens is 2. The summed E-state index contributed by atoms with van der Waals surface area (Å²) >= 11 is 0. The van der Waals surface area contributed by atoms with E-state index in [1.165, 1.54) is 10.7 Å². The highest BCUT2D eigenvalue weighted by Gasteiger charge is 2.05. The summed E-state index contributed by atoms with van der Waals surface area (Å²) in [5.41, 5.74) is -0.176. The van der Waals surface area contributed by atoms with Crippen molar-refractivity contribution in [1.29, 1.82) is 0 Å². The van der Waals surface area contributed by atoms with Gasteiger partial charge in [-0.15, -0.1) is 0 Å². The molecule has 0 aliphatic rings. The van der Waals surface area contributed by atoms with Crippen LogP contribution in [-0.4, -0.2) is 16.4 Å². The number of benzene rings is 2. The molecule has 3 aromatic rings. The molecule has 0 unspecified atom stereocenters. The van der Waals surface area contributed by atoms with Crippen LogP contribution in [0, 0.1) is 5.82 Å². The molecule has 5 heteroatoms. The second kappa shape index (κ2) is 5.75. The van der Waals surface area contributed by atoms with Crippen molar-refractivity contribution in [2.75, 3.05) is 6.61 Å². The molecular weight excluding hydrogens is 271 g/mol. The van der Waals surface area contributed by atoms with Gasteiger partial charge in [0.1, 0.15) is 6.61 Å². The van der Waals surface area contributed by atoms with Gasteiger partial charge in [-0.25, -0.2) is 9.07 Å². The Hall–Kier alpha value is -2.69. The molecule has 0 aliphatic carbocycles. The lowest BCUT2D eigenvalue weighted by atomic mass is 10.2. The van der Waals surface area contributed by atoms with Gasteiger partial charge in [-0.05, 0) is 18.2 Å². The molecular formula is C16H13FN2O2. The normalized spacial score (nSPS) is 10.7. The predicted octanol–water partition coefficient (Wildman–Crippen LogP) is 2.61. The molecule has 4 nitrogen and oxygen atoms in total. The molecule has 0 fully saturated rings. The summed E-state index contributed by atoms with van der Waals surface area (Å²) in [7, 11) is 0. The van der Waals surface area contributed by atoms with Crippen molar-refractivity contribution in [2.45, 2.75) is 6.54 Å². The summed E-state index contributed by atoms with van der Waals surface area (Å²) in [6, 6.07) is 13.4. The van der Waals surface area contributed by atoms with Crippen LogP contribution in [0.2, 0.25) is 0 Å². The number of hydrogen-bond donors (Lipinski definition) is 0. The second-order valence-electron chi connectivity index (χ2n) is 4.54. The van der Waals surface area contributed by atoms with Crippen LogP contribution in [0.5, 0.6) is 5.75 Å². The van der Waals surface area contributed by atoms with Gasteiger partial charge in [-0.1, -0.05) is 30.3 Å². The number of para-hydroxylation sites is 1. The first kappa shape index (κ1) is 13.3. The maximum Gasteiger partial charge on any atom is 0.274 e. The molecule has 0 N–H and O–H groups in total. The first-order chi connectivity index (χ1) is 10.3. The Bertz CT molecular complexity index is 830. The first-order valence-corrected chi connectivity index (χ1v) is 6.58. The molecule has 106 valence electrons. The lowest BCUT2D eigenvalue weighted by Crippen LogP contribution is -2.25. The number of rotatable bonds is 4. The summed E-state index contributed by atoms with van der Waals surface area (Å²) < 4.78 is 20.0. The van der Waals surface area contributed by atoms with Gasteiger partial charge in [0.05, 0.1) is 18.1 Å². The Morgan fingerprint density at radius 1 is 1.10 bits per heavy atom. The van der Waals surface area contributed by atoms with Crippen molar-refractivity contribution in [1.82, 2.24) is 9.78 Å². The summed E-state index contributed by atoms with van der Waals surface area (Å²) in [5.74, 6) is -0.248. The number of ether oxygens (including phenoxy) is 1. The van der Waals surface area contributed by atoms with Gasteiger partial charge in [0.15, 0.2) is 11.6 Å². The number of fused-ring (bicyclic) bond motifs is 1. The summed E-state index contributed by atoms with van der Waals surface area (Å²) in [5, 5.41) is 5.50. The molecule has 0 saturated heterocycles. The van der Waals surface area contributed by atoms with E-state index < -0.39 is 5.82 Å². The largest absolute Gasteiger partial charge is 0.489 e. The van der Waals surface area contributed by atoms with Crippen molar-refractivity contribution in [2.24, 2.45) is 0 Å². The van der Waals surface area contributed by atoms with Crippen molar-refractivity contribution in [3.8, 4) is 5.75 Å². The molecule has 0 aliphatic heterocycles. The zero-order valence-electron chi connectivity index (χ0n) is 11.2. The molecule has 21 heavy (non-hydrogen) atoms. The third-order valence-corrected chi connectivity index (χ3v) is 3.16. The van der Waals surface area contributed by atoms with E-state index in [4.69, 9.17) is 4.74 Å². The Balaban J connectivity index is 1.76. The van der Waals surface area contributed by atoms with Gasteiger partial charge < -0.3 is 4.74 Å². The second-order valence-corrected chi connectivity index (χ2v) is 4.54. The van der Waals surface area contributed by atoms with Crippen LogP contribution in [0.3, 0.4) is 0 Å². The van der Waals surface area contributed by atoms with E-state index in [0.29, 0.717) is 5.39 Å². The van der Waals surface area contributed by atoms with E-state index in [1.54, 1.807) is 30.5 Å². The standard InChI is InChI=1S/C16H13FN2O2/c17-14-7-3-4-8-15(14)21-10-9-19-16(20)13-6-2-1-5-12(13)11-18-19/h1-8,11H,9-10H2. The van der Waals surface area contributed by atoms with Crippen LogP contribution in [0.15, 0.2) is 59.5 Å². The lowest BCUT2D eigenvalue weighted by molar-refractivity contribution is 0.275. The van der Waals surface area contributed by atoms with E-state index in [0.717, 1.165) is 5.39 Å². The van der Waals surface area contributed by atoms with Gasteiger partial charge in [0.25, 0.3) is 5.56 Å². The van der Waals surface area contributed by atoms with Gasteiger partial charge in [-0.3, -0.25) is 4.79 Å². The molecule has 0 amide bonds. The van der Waals surface area contributed by atoms with Gasteiger partial charge in [0.2, 0.25) is 0 Å². The van der Waals surface area contributed by atoms with Crippen LogP contribution in [-0.2, 0) is 6.54 Å². The van der Waals surface area contributed by atoms with Crippen molar-refractivity contribution < 1.29 is 9.13 Å². The zero-order chi connectivity index (χ0) is 14.7. The quantitative estimate of drug-likeness (QED) is 0.739. The van der Waals surface area contributed by atoms with E-state index in [2.05, 4.69) is 5.10 Å². The summed E-state index contributed by atoms with van der Waals surface area (Å²) in [4.78, 5) is 12.2. The zero-order valence-corrected chi connectivity index (χ0v) is 11.2. The van der Waals surface area contributed by atoms with Gasteiger partial charge >= 0.3 is 0 Å². The summed E-state index contributed by atoms with van der Waals surface area (Å²) in [6.07, 6.45) is 1.64. The molecule has 1 aromatic heterocycles. The fourth-order valence-corrected chi connectivity index (χ4v) is 2.09. The molecule has 0 bridgehead atoms. The highest BCUT2D eigenvalue weighted by molar-refractivity contribution is 5.80. The third kappa shape index (κ3) is 2.76. The Labute approximate surface area is 120 Å². The minimum absolute atomic E-state index is 0.173. The maximum atomic E-state index is 13.4. The molecule has 0 atom stereocenters. The number of halogens is 1. The maximum absolute atomic E-state index is 13.4. The van der Waals surface area contributed by atoms with Gasteiger partial charge in [-0.2, -0.15) is 5.10 Å². The minimum atomic E-state index is -0.420. The van der Waals surface area contributed by atoms with Gasteiger partial charge in [0, 0.05) is 5.39 Å². The average molecular weight is 284 g/mol. The van der Waals surface area contributed by atoms with E-state index in [9.17, 15) is 9.18 Å².